The third kappa shape index (κ3) is 4.35. The van der Waals surface area contributed by atoms with Gasteiger partial charge < -0.3 is 20.1 Å². The van der Waals surface area contributed by atoms with Crippen LogP contribution < -0.4 is 20.1 Å². The maximum atomic E-state index is 12.3. The van der Waals surface area contributed by atoms with Crippen molar-refractivity contribution < 1.29 is 14.3 Å². The molecule has 0 fully saturated rings. The third-order valence-corrected chi connectivity index (χ3v) is 4.85. The highest BCUT2D eigenvalue weighted by Crippen LogP contribution is 2.32. The lowest BCUT2D eigenvalue weighted by molar-refractivity contribution is 0.174. The molecule has 0 saturated carbocycles. The monoisotopic (exact) mass is 408 g/mol. The highest BCUT2D eigenvalue weighted by molar-refractivity contribution is 5.74. The van der Waals surface area contributed by atoms with Crippen LogP contribution in [0.1, 0.15) is 30.8 Å². The van der Waals surface area contributed by atoms with Crippen LogP contribution >= 0.6 is 0 Å². The zero-order valence-electron chi connectivity index (χ0n) is 17.2. The smallest absolute Gasteiger partial charge is 0.315 e. The number of hydrogen-bond donors (Lipinski definition) is 2. The summed E-state index contributed by atoms with van der Waals surface area (Å²) in [6.07, 6.45) is 5.14. The van der Waals surface area contributed by atoms with Gasteiger partial charge in [0, 0.05) is 36.6 Å². The minimum absolute atomic E-state index is 0.229. The van der Waals surface area contributed by atoms with Crippen molar-refractivity contribution in [2.75, 3.05) is 13.3 Å². The maximum absolute atomic E-state index is 12.3. The lowest BCUT2D eigenvalue weighted by Gasteiger charge is -2.25. The number of hydrogen-bond acceptors (Lipinski definition) is 6. The Bertz CT molecular complexity index is 1050. The van der Waals surface area contributed by atoms with Crippen molar-refractivity contribution in [1.82, 2.24) is 30.2 Å². The minimum atomic E-state index is -0.390. The Balaban J connectivity index is 1.36. The average molecular weight is 408 g/mol. The molecular weight excluding hydrogens is 384 g/mol. The molecule has 0 radical (unpaired) electrons. The van der Waals surface area contributed by atoms with E-state index in [0.29, 0.717) is 24.8 Å². The summed E-state index contributed by atoms with van der Waals surface area (Å²) in [6.45, 7) is 7.02. The van der Waals surface area contributed by atoms with Crippen LogP contribution in [0.3, 0.4) is 0 Å². The number of nitrogens with zero attached hydrogens (tertiary/aromatic N) is 4. The molecule has 0 unspecified atom stereocenters. The van der Waals surface area contributed by atoms with E-state index >= 15 is 0 Å². The third-order valence-electron chi connectivity index (χ3n) is 4.85. The van der Waals surface area contributed by atoms with Crippen LogP contribution in [0.5, 0.6) is 11.5 Å². The summed E-state index contributed by atoms with van der Waals surface area (Å²) in [6, 6.07) is 7.30. The van der Waals surface area contributed by atoms with Crippen molar-refractivity contribution in [2.45, 2.75) is 32.7 Å². The fourth-order valence-corrected chi connectivity index (χ4v) is 3.08. The predicted octanol–water partition coefficient (Wildman–Crippen LogP) is 2.48. The Kier molecular flexibility index (Phi) is 5.26. The Hall–Kier alpha value is -3.62. The van der Waals surface area contributed by atoms with E-state index in [1.807, 2.05) is 45.0 Å². The number of benzene rings is 1. The van der Waals surface area contributed by atoms with Crippen LogP contribution in [0.15, 0.2) is 43.0 Å². The lowest BCUT2D eigenvalue weighted by Crippen LogP contribution is -2.42. The Morgan fingerprint density at radius 1 is 1.17 bits per heavy atom. The van der Waals surface area contributed by atoms with Crippen LogP contribution in [0.4, 0.5) is 4.79 Å². The number of rotatable bonds is 6. The first-order chi connectivity index (χ1) is 14.4. The van der Waals surface area contributed by atoms with Gasteiger partial charge in [-0.2, -0.15) is 0 Å². The van der Waals surface area contributed by atoms with Gasteiger partial charge in [0.1, 0.15) is 6.33 Å². The molecule has 9 heteroatoms. The van der Waals surface area contributed by atoms with E-state index in [-0.39, 0.29) is 18.2 Å². The zero-order chi connectivity index (χ0) is 21.1. The molecule has 0 aliphatic carbocycles. The van der Waals surface area contributed by atoms with Gasteiger partial charge in [-0.25, -0.2) is 19.7 Å². The molecule has 156 valence electrons. The van der Waals surface area contributed by atoms with Gasteiger partial charge in [0.05, 0.1) is 5.69 Å². The molecule has 30 heavy (non-hydrogen) atoms. The van der Waals surface area contributed by atoms with E-state index < -0.39 is 0 Å². The van der Waals surface area contributed by atoms with Crippen molar-refractivity contribution in [3.63, 3.8) is 0 Å². The normalized spacial score (nSPS) is 12.6. The standard InChI is InChI=1S/C21H24N6O3/c1-14-8-18(26-19(25-14)27-7-6-22-12-27)21(2,3)11-24-20(28)23-10-15-4-5-16-17(9-15)30-13-29-16/h4-9,12H,10-11,13H2,1-3H3,(H2,23,24,28). The van der Waals surface area contributed by atoms with E-state index in [4.69, 9.17) is 9.47 Å². The van der Waals surface area contributed by atoms with Crippen LogP contribution in [-0.4, -0.2) is 38.9 Å². The molecule has 2 N–H and O–H groups in total. The second kappa shape index (κ2) is 8.02. The van der Waals surface area contributed by atoms with Gasteiger partial charge in [-0.15, -0.1) is 0 Å². The summed E-state index contributed by atoms with van der Waals surface area (Å²) in [5, 5.41) is 5.80. The second-order valence-corrected chi connectivity index (χ2v) is 7.77. The number of amides is 2. The van der Waals surface area contributed by atoms with Crippen LogP contribution in [-0.2, 0) is 12.0 Å². The molecule has 2 aromatic heterocycles. The largest absolute Gasteiger partial charge is 0.454 e. The van der Waals surface area contributed by atoms with Gasteiger partial charge in [-0.05, 0) is 30.7 Å². The number of aryl methyl sites for hydroxylation is 1. The van der Waals surface area contributed by atoms with E-state index in [0.717, 1.165) is 22.7 Å². The summed E-state index contributed by atoms with van der Waals surface area (Å²) in [7, 11) is 0. The van der Waals surface area contributed by atoms with E-state index in [1.165, 1.54) is 0 Å². The molecule has 3 heterocycles. The zero-order valence-corrected chi connectivity index (χ0v) is 17.2. The molecule has 1 aliphatic heterocycles. The van der Waals surface area contributed by atoms with Crippen molar-refractivity contribution in [1.29, 1.82) is 0 Å². The predicted molar refractivity (Wildman–Crippen MR) is 110 cm³/mol. The molecule has 0 saturated heterocycles. The summed E-state index contributed by atoms with van der Waals surface area (Å²) >= 11 is 0. The number of carbonyl (C=O) groups excluding carboxylic acids is 1. The van der Waals surface area contributed by atoms with E-state index in [9.17, 15) is 4.79 Å². The number of urea groups is 1. The topological polar surface area (TPSA) is 103 Å². The highest BCUT2D eigenvalue weighted by Gasteiger charge is 2.24. The number of ether oxygens (including phenoxy) is 2. The molecule has 0 bridgehead atoms. The van der Waals surface area contributed by atoms with Gasteiger partial charge in [-0.3, -0.25) is 4.57 Å². The molecule has 1 aromatic carbocycles. The molecule has 0 spiro atoms. The van der Waals surface area contributed by atoms with Crippen LogP contribution in [0, 0.1) is 6.92 Å². The van der Waals surface area contributed by atoms with Gasteiger partial charge in [0.15, 0.2) is 11.5 Å². The Morgan fingerprint density at radius 2 is 2.00 bits per heavy atom. The molecule has 0 atom stereocenters. The van der Waals surface area contributed by atoms with Gasteiger partial charge in [-0.1, -0.05) is 19.9 Å². The van der Waals surface area contributed by atoms with Crippen LogP contribution in [0.25, 0.3) is 5.95 Å². The first-order valence-electron chi connectivity index (χ1n) is 9.65. The second-order valence-electron chi connectivity index (χ2n) is 7.77. The average Bonchev–Trinajstić information content (AvgIpc) is 3.41. The number of aromatic nitrogens is 4. The molecule has 4 rings (SSSR count). The first-order valence-corrected chi connectivity index (χ1v) is 9.65. The van der Waals surface area contributed by atoms with Gasteiger partial charge in [0.2, 0.25) is 12.7 Å². The summed E-state index contributed by atoms with van der Waals surface area (Å²) in [4.78, 5) is 25.5. The fourth-order valence-electron chi connectivity index (χ4n) is 3.08. The minimum Gasteiger partial charge on any atom is -0.454 e. The van der Waals surface area contributed by atoms with Gasteiger partial charge in [0.25, 0.3) is 0 Å². The maximum Gasteiger partial charge on any atom is 0.315 e. The number of nitrogens with one attached hydrogen (secondary N) is 2. The quantitative estimate of drug-likeness (QED) is 0.650. The first kappa shape index (κ1) is 19.7. The van der Waals surface area contributed by atoms with Gasteiger partial charge >= 0.3 is 6.03 Å². The van der Waals surface area contributed by atoms with Crippen molar-refractivity contribution in [3.8, 4) is 17.4 Å². The molecule has 1 aliphatic rings. The molecule has 2 amide bonds. The number of carbonyl (C=O) groups is 1. The van der Waals surface area contributed by atoms with E-state index in [2.05, 4.69) is 25.6 Å². The SMILES string of the molecule is Cc1cc(C(C)(C)CNC(=O)NCc2ccc3c(c2)OCO3)nc(-n2ccnc2)n1. The molecular formula is C21H24N6O3. The highest BCUT2D eigenvalue weighted by atomic mass is 16.7. The molecule has 3 aromatic rings. The lowest BCUT2D eigenvalue weighted by atomic mass is 9.88. The number of imidazole rings is 1. The Labute approximate surface area is 174 Å². The molecule has 9 nitrogen and oxygen atoms in total. The summed E-state index contributed by atoms with van der Waals surface area (Å²) in [5.41, 5.74) is 2.24. The van der Waals surface area contributed by atoms with Crippen molar-refractivity contribution >= 4 is 6.03 Å². The Morgan fingerprint density at radius 3 is 2.80 bits per heavy atom. The number of fused-ring (bicyclic) bond motifs is 1. The van der Waals surface area contributed by atoms with E-state index in [1.54, 1.807) is 23.3 Å². The summed E-state index contributed by atoms with van der Waals surface area (Å²) < 4.78 is 12.4. The van der Waals surface area contributed by atoms with Crippen molar-refractivity contribution in [2.24, 2.45) is 0 Å². The fraction of sp³-hybridized carbons (Fsp3) is 0.333. The van der Waals surface area contributed by atoms with Crippen LogP contribution in [0.2, 0.25) is 0 Å². The van der Waals surface area contributed by atoms with Crippen molar-refractivity contribution in [3.05, 3.63) is 59.9 Å². The summed E-state index contributed by atoms with van der Waals surface area (Å²) in [5.74, 6) is 1.98.